The summed E-state index contributed by atoms with van der Waals surface area (Å²) in [6, 6.07) is 31.6. The SMILES string of the molecule is [2H]c1c([2H])c([2H])c2c(-c3cccc4c3oc3c(-c5ccccc5)cccc34)c3c([2H])c([2H])c([2H])c([2H])c3c(-c3cccc4ccccc34)c2c1[2H]. The first-order valence-corrected chi connectivity index (χ1v) is 14.1. The molecular weight excluding hydrogens is 520 g/mol. The Morgan fingerprint density at radius 3 is 1.51 bits per heavy atom. The molecule has 0 bridgehead atoms. The number of fused-ring (bicyclic) bond motifs is 6. The first-order chi connectivity index (χ1) is 24.7. The fourth-order valence-corrected chi connectivity index (χ4v) is 6.47. The van der Waals surface area contributed by atoms with E-state index in [0.717, 1.165) is 32.7 Å². The predicted molar refractivity (Wildman–Crippen MR) is 183 cm³/mol. The normalized spacial score (nSPS) is 14.3. The van der Waals surface area contributed by atoms with Gasteiger partial charge in [-0.25, -0.2) is 0 Å². The zero-order valence-corrected chi connectivity index (χ0v) is 22.8. The van der Waals surface area contributed by atoms with E-state index in [4.69, 9.17) is 9.90 Å². The van der Waals surface area contributed by atoms with Crippen LogP contribution in [0.3, 0.4) is 0 Å². The molecule has 1 aromatic heterocycles. The molecule has 200 valence electrons. The van der Waals surface area contributed by atoms with Crippen molar-refractivity contribution in [1.29, 1.82) is 0 Å². The van der Waals surface area contributed by atoms with Gasteiger partial charge in [-0.15, -0.1) is 0 Å². The smallest absolute Gasteiger partial charge is 0.143 e. The third kappa shape index (κ3) is 3.58. The van der Waals surface area contributed by atoms with Gasteiger partial charge >= 0.3 is 0 Å². The molecule has 0 saturated heterocycles. The third-order valence-electron chi connectivity index (χ3n) is 8.31. The minimum absolute atomic E-state index is 0.151. The molecular formula is C42H26O. The van der Waals surface area contributed by atoms with Crippen LogP contribution in [0.15, 0.2) is 162 Å². The Morgan fingerprint density at radius 2 is 0.837 bits per heavy atom. The molecule has 9 rings (SSSR count). The highest BCUT2D eigenvalue weighted by molar-refractivity contribution is 6.26. The maximum Gasteiger partial charge on any atom is 0.143 e. The van der Waals surface area contributed by atoms with Gasteiger partial charge < -0.3 is 4.42 Å². The molecule has 0 saturated carbocycles. The summed E-state index contributed by atoms with van der Waals surface area (Å²) in [5, 5.41) is 3.91. The van der Waals surface area contributed by atoms with Gasteiger partial charge in [0, 0.05) is 27.5 Å². The van der Waals surface area contributed by atoms with E-state index >= 15 is 0 Å². The molecule has 1 nitrogen and oxygen atoms in total. The summed E-state index contributed by atoms with van der Waals surface area (Å²) < 4.78 is 79.4. The molecule has 8 aromatic carbocycles. The van der Waals surface area contributed by atoms with E-state index in [1.165, 1.54) is 0 Å². The van der Waals surface area contributed by atoms with Crippen LogP contribution in [0.5, 0.6) is 0 Å². The highest BCUT2D eigenvalue weighted by Crippen LogP contribution is 2.48. The summed E-state index contributed by atoms with van der Waals surface area (Å²) in [5.41, 5.74) is 4.54. The number of para-hydroxylation sites is 2. The standard InChI is InChI=1S/C42H26O/c1-2-13-28(14-3-1)30-22-11-24-36-37-25-12-26-38(42(37)43-41(30)36)40-34-20-8-6-18-32(34)39(33-19-7-9-21-35(33)40)31-23-10-16-27-15-4-5-17-29(27)31/h1-26H/i6D,7D,8D,9D,18D,19D,20D,21D. The minimum atomic E-state index is -0.444. The van der Waals surface area contributed by atoms with Crippen LogP contribution in [-0.2, 0) is 0 Å². The number of hydrogen-bond acceptors (Lipinski definition) is 1. The average molecular weight is 555 g/mol. The summed E-state index contributed by atoms with van der Waals surface area (Å²) in [6.07, 6.45) is 0. The van der Waals surface area contributed by atoms with Crippen molar-refractivity contribution in [3.8, 4) is 33.4 Å². The highest BCUT2D eigenvalue weighted by atomic mass is 16.3. The lowest BCUT2D eigenvalue weighted by Crippen LogP contribution is -1.91. The molecule has 1 heterocycles. The van der Waals surface area contributed by atoms with E-state index in [-0.39, 0.29) is 51.3 Å². The lowest BCUT2D eigenvalue weighted by Gasteiger charge is -2.18. The van der Waals surface area contributed by atoms with Gasteiger partial charge in [0.2, 0.25) is 0 Å². The Labute approximate surface area is 260 Å². The van der Waals surface area contributed by atoms with Crippen molar-refractivity contribution < 1.29 is 15.4 Å². The molecule has 0 spiro atoms. The van der Waals surface area contributed by atoms with Gasteiger partial charge in [-0.3, -0.25) is 0 Å². The second-order valence-electron chi connectivity index (χ2n) is 10.6. The molecule has 0 aliphatic rings. The van der Waals surface area contributed by atoms with Crippen LogP contribution < -0.4 is 0 Å². The Kier molecular flexibility index (Phi) is 3.80. The van der Waals surface area contributed by atoms with Crippen molar-refractivity contribution in [1.82, 2.24) is 0 Å². The highest BCUT2D eigenvalue weighted by Gasteiger charge is 2.21. The van der Waals surface area contributed by atoms with E-state index in [0.29, 0.717) is 27.9 Å². The zero-order chi connectivity index (χ0) is 35.3. The Hall–Kier alpha value is -5.66. The molecule has 0 aliphatic carbocycles. The van der Waals surface area contributed by atoms with Crippen LogP contribution in [0.4, 0.5) is 0 Å². The number of rotatable bonds is 3. The molecule has 0 aliphatic heterocycles. The summed E-state index contributed by atoms with van der Waals surface area (Å²) in [6.45, 7) is 0. The number of hydrogen-bond donors (Lipinski definition) is 0. The van der Waals surface area contributed by atoms with Gasteiger partial charge in [0.1, 0.15) is 11.2 Å². The summed E-state index contributed by atoms with van der Waals surface area (Å²) in [5.74, 6) is 0. The molecule has 1 heteroatoms. The van der Waals surface area contributed by atoms with Gasteiger partial charge in [0.25, 0.3) is 0 Å². The molecule has 9 aromatic rings. The summed E-state index contributed by atoms with van der Waals surface area (Å²) >= 11 is 0. The van der Waals surface area contributed by atoms with Crippen molar-refractivity contribution in [3.63, 3.8) is 0 Å². The Balaban J connectivity index is 1.56. The molecule has 0 atom stereocenters. The van der Waals surface area contributed by atoms with Gasteiger partial charge in [0.05, 0.1) is 11.0 Å². The fourth-order valence-electron chi connectivity index (χ4n) is 6.47. The fraction of sp³-hybridized carbons (Fsp3) is 0. The maximum absolute atomic E-state index is 9.38. The third-order valence-corrected chi connectivity index (χ3v) is 8.31. The largest absolute Gasteiger partial charge is 0.455 e. The summed E-state index contributed by atoms with van der Waals surface area (Å²) in [4.78, 5) is 0. The first kappa shape index (κ1) is 17.3. The van der Waals surface area contributed by atoms with E-state index in [1.807, 2.05) is 103 Å². The van der Waals surface area contributed by atoms with Crippen LogP contribution in [0.25, 0.3) is 87.6 Å². The maximum atomic E-state index is 9.38. The van der Waals surface area contributed by atoms with E-state index in [2.05, 4.69) is 0 Å². The van der Waals surface area contributed by atoms with E-state index in [1.54, 1.807) is 6.07 Å². The van der Waals surface area contributed by atoms with Crippen molar-refractivity contribution in [2.45, 2.75) is 0 Å². The number of benzene rings is 8. The lowest BCUT2D eigenvalue weighted by atomic mass is 9.84. The summed E-state index contributed by atoms with van der Waals surface area (Å²) in [7, 11) is 0. The average Bonchev–Trinajstić information content (AvgIpc) is 3.56. The van der Waals surface area contributed by atoms with Gasteiger partial charge in [0.15, 0.2) is 0 Å². The second-order valence-corrected chi connectivity index (χ2v) is 10.6. The van der Waals surface area contributed by atoms with Crippen molar-refractivity contribution >= 4 is 54.3 Å². The molecule has 0 radical (unpaired) electrons. The predicted octanol–water partition coefficient (Wildman–Crippen LogP) is 12.0. The molecule has 43 heavy (non-hydrogen) atoms. The first-order valence-electron chi connectivity index (χ1n) is 18.1. The van der Waals surface area contributed by atoms with Crippen molar-refractivity contribution in [3.05, 3.63) is 158 Å². The Bertz CT molecular complexity index is 2860. The van der Waals surface area contributed by atoms with Crippen LogP contribution in [0, 0.1) is 0 Å². The van der Waals surface area contributed by atoms with Crippen molar-refractivity contribution in [2.75, 3.05) is 0 Å². The van der Waals surface area contributed by atoms with Crippen LogP contribution in [0.1, 0.15) is 11.0 Å². The lowest BCUT2D eigenvalue weighted by molar-refractivity contribution is 0.671. The van der Waals surface area contributed by atoms with Crippen LogP contribution in [-0.4, -0.2) is 0 Å². The van der Waals surface area contributed by atoms with Crippen LogP contribution in [0.2, 0.25) is 0 Å². The minimum Gasteiger partial charge on any atom is -0.455 e. The quantitative estimate of drug-likeness (QED) is 0.198. The topological polar surface area (TPSA) is 13.1 Å². The van der Waals surface area contributed by atoms with E-state index < -0.39 is 24.2 Å². The molecule has 0 unspecified atom stereocenters. The van der Waals surface area contributed by atoms with Gasteiger partial charge in [-0.1, -0.05) is 158 Å². The van der Waals surface area contributed by atoms with E-state index in [9.17, 15) is 5.48 Å². The monoisotopic (exact) mass is 554 g/mol. The molecule has 0 amide bonds. The van der Waals surface area contributed by atoms with Crippen molar-refractivity contribution in [2.24, 2.45) is 0 Å². The zero-order valence-electron chi connectivity index (χ0n) is 30.8. The molecule has 0 fully saturated rings. The Morgan fingerprint density at radius 1 is 0.372 bits per heavy atom. The van der Waals surface area contributed by atoms with Crippen LogP contribution >= 0.6 is 0 Å². The van der Waals surface area contributed by atoms with Gasteiger partial charge in [-0.05, 0) is 49.0 Å². The van der Waals surface area contributed by atoms with Gasteiger partial charge in [-0.2, -0.15) is 0 Å². The number of furan rings is 1. The molecule has 0 N–H and O–H groups in total. The second kappa shape index (κ2) is 9.44.